The summed E-state index contributed by atoms with van der Waals surface area (Å²) in [7, 11) is 0. The normalized spacial score (nSPS) is 10.5. The van der Waals surface area contributed by atoms with E-state index in [0.29, 0.717) is 12.0 Å². The van der Waals surface area contributed by atoms with Crippen molar-refractivity contribution in [2.45, 2.75) is 26.7 Å². The fourth-order valence-corrected chi connectivity index (χ4v) is 1.26. The van der Waals surface area contributed by atoms with E-state index >= 15 is 0 Å². The topological polar surface area (TPSA) is 0 Å². The Kier molecular flexibility index (Phi) is 2.96. The predicted octanol–water partition coefficient (Wildman–Crippen LogP) is 3.36. The van der Waals surface area contributed by atoms with Gasteiger partial charge in [-0.05, 0) is 30.5 Å². The van der Waals surface area contributed by atoms with Crippen molar-refractivity contribution in [3.05, 3.63) is 34.6 Å². The molecule has 1 aromatic rings. The van der Waals surface area contributed by atoms with Crippen LogP contribution < -0.4 is 0 Å². The molecule has 3 heteroatoms. The van der Waals surface area contributed by atoms with Crippen molar-refractivity contribution >= 4 is 0 Å². The maximum absolute atomic E-state index is 13.0. The van der Waals surface area contributed by atoms with Gasteiger partial charge in [-0.15, -0.1) is 0 Å². The Balaban J connectivity index is 3.24. The molecule has 1 rings (SSSR count). The van der Waals surface area contributed by atoms with Gasteiger partial charge in [-0.3, -0.25) is 0 Å². The summed E-state index contributed by atoms with van der Waals surface area (Å²) in [6.07, 6.45) is 1.35. The summed E-state index contributed by atoms with van der Waals surface area (Å²) in [5.41, 5.74) is 0.750. The van der Waals surface area contributed by atoms with Gasteiger partial charge < -0.3 is 0 Å². The zero-order valence-electron chi connectivity index (χ0n) is 7.63. The number of hydrogen-bond donors (Lipinski definition) is 0. The first kappa shape index (κ1) is 10.1. The van der Waals surface area contributed by atoms with Gasteiger partial charge in [0.2, 0.25) is 0 Å². The molecule has 0 fully saturated rings. The molecule has 0 N–H and O–H groups in total. The van der Waals surface area contributed by atoms with Crippen molar-refractivity contribution in [2.24, 2.45) is 0 Å². The van der Waals surface area contributed by atoms with Gasteiger partial charge in [-0.25, -0.2) is 13.2 Å². The van der Waals surface area contributed by atoms with E-state index in [2.05, 4.69) is 0 Å². The first-order valence-electron chi connectivity index (χ1n) is 4.20. The molecular formula is C10H11F3. The van der Waals surface area contributed by atoms with Gasteiger partial charge in [0, 0.05) is 0 Å². The highest BCUT2D eigenvalue weighted by Gasteiger charge is 2.14. The number of hydrogen-bond acceptors (Lipinski definition) is 0. The van der Waals surface area contributed by atoms with E-state index in [-0.39, 0.29) is 5.56 Å². The largest absolute Gasteiger partial charge is 0.204 e. The highest BCUT2D eigenvalue weighted by atomic mass is 19.2. The fourth-order valence-electron chi connectivity index (χ4n) is 1.26. The van der Waals surface area contributed by atoms with E-state index < -0.39 is 17.5 Å². The lowest BCUT2D eigenvalue weighted by Gasteiger charge is -2.06. The van der Waals surface area contributed by atoms with Crippen molar-refractivity contribution in [2.75, 3.05) is 0 Å². The molecule has 0 saturated carbocycles. The third-order valence-corrected chi connectivity index (χ3v) is 2.03. The third-order valence-electron chi connectivity index (χ3n) is 2.03. The van der Waals surface area contributed by atoms with Gasteiger partial charge in [0.15, 0.2) is 17.5 Å². The average molecular weight is 188 g/mol. The molecule has 0 aromatic heterocycles. The molecule has 0 unspecified atom stereocenters. The number of benzene rings is 1. The Labute approximate surface area is 75.4 Å². The lowest BCUT2D eigenvalue weighted by molar-refractivity contribution is 0.441. The van der Waals surface area contributed by atoms with Gasteiger partial charge in [0.25, 0.3) is 0 Å². The van der Waals surface area contributed by atoms with Crippen molar-refractivity contribution < 1.29 is 13.2 Å². The molecule has 0 nitrogen and oxygen atoms in total. The highest BCUT2D eigenvalue weighted by Crippen LogP contribution is 2.20. The Morgan fingerprint density at radius 1 is 1.15 bits per heavy atom. The van der Waals surface area contributed by atoms with Crippen LogP contribution in [0.3, 0.4) is 0 Å². The van der Waals surface area contributed by atoms with E-state index in [9.17, 15) is 13.2 Å². The van der Waals surface area contributed by atoms with E-state index in [0.717, 1.165) is 12.5 Å². The first-order valence-corrected chi connectivity index (χ1v) is 4.20. The molecule has 0 bridgehead atoms. The van der Waals surface area contributed by atoms with E-state index in [1.54, 1.807) is 0 Å². The Morgan fingerprint density at radius 3 is 2.31 bits per heavy atom. The molecule has 13 heavy (non-hydrogen) atoms. The van der Waals surface area contributed by atoms with Crippen LogP contribution in [0.4, 0.5) is 13.2 Å². The number of halogens is 3. The SMILES string of the molecule is CCCc1cc(F)c(F)c(F)c1C. The molecule has 0 saturated heterocycles. The number of rotatable bonds is 2. The van der Waals surface area contributed by atoms with Crippen molar-refractivity contribution in [3.63, 3.8) is 0 Å². The minimum Gasteiger partial charge on any atom is -0.204 e. The molecule has 0 amide bonds. The van der Waals surface area contributed by atoms with Crippen molar-refractivity contribution in [1.29, 1.82) is 0 Å². The zero-order chi connectivity index (χ0) is 10.0. The van der Waals surface area contributed by atoms with Crippen LogP contribution in [0.1, 0.15) is 24.5 Å². The van der Waals surface area contributed by atoms with Crippen LogP contribution in [0.15, 0.2) is 6.07 Å². The Bertz CT molecular complexity index is 318. The molecular weight excluding hydrogens is 177 g/mol. The second kappa shape index (κ2) is 3.81. The second-order valence-corrected chi connectivity index (χ2v) is 3.02. The molecule has 0 radical (unpaired) electrons. The van der Waals surface area contributed by atoms with E-state index in [1.807, 2.05) is 6.92 Å². The van der Waals surface area contributed by atoms with Crippen LogP contribution in [0.25, 0.3) is 0 Å². The zero-order valence-corrected chi connectivity index (χ0v) is 7.63. The summed E-state index contributed by atoms with van der Waals surface area (Å²) in [5, 5.41) is 0. The summed E-state index contributed by atoms with van der Waals surface area (Å²) in [6, 6.07) is 1.07. The third kappa shape index (κ3) is 1.85. The van der Waals surface area contributed by atoms with Crippen LogP contribution in [0.2, 0.25) is 0 Å². The summed E-state index contributed by atoms with van der Waals surface area (Å²) in [5.74, 6) is -3.55. The summed E-state index contributed by atoms with van der Waals surface area (Å²) in [6.45, 7) is 3.36. The summed E-state index contributed by atoms with van der Waals surface area (Å²) < 4.78 is 38.4. The minimum atomic E-state index is -1.38. The van der Waals surface area contributed by atoms with Gasteiger partial charge in [0.1, 0.15) is 0 Å². The monoisotopic (exact) mass is 188 g/mol. The van der Waals surface area contributed by atoms with Crippen LogP contribution in [-0.4, -0.2) is 0 Å². The van der Waals surface area contributed by atoms with Crippen molar-refractivity contribution in [3.8, 4) is 0 Å². The summed E-state index contributed by atoms with van der Waals surface area (Å²) >= 11 is 0. The molecule has 0 aliphatic rings. The van der Waals surface area contributed by atoms with Gasteiger partial charge in [-0.1, -0.05) is 13.3 Å². The maximum Gasteiger partial charge on any atom is 0.194 e. The Morgan fingerprint density at radius 2 is 1.77 bits per heavy atom. The molecule has 72 valence electrons. The number of aryl methyl sites for hydroxylation is 1. The second-order valence-electron chi connectivity index (χ2n) is 3.02. The standard InChI is InChI=1S/C10H11F3/c1-3-4-7-5-8(11)10(13)9(12)6(7)2/h5H,3-4H2,1-2H3. The molecule has 0 spiro atoms. The lowest BCUT2D eigenvalue weighted by atomic mass is 10.0. The quantitative estimate of drug-likeness (QED) is 0.624. The highest BCUT2D eigenvalue weighted by molar-refractivity contribution is 5.29. The van der Waals surface area contributed by atoms with Crippen LogP contribution in [-0.2, 0) is 6.42 Å². The van der Waals surface area contributed by atoms with Gasteiger partial charge in [-0.2, -0.15) is 0 Å². The molecule has 0 heterocycles. The summed E-state index contributed by atoms with van der Waals surface area (Å²) in [4.78, 5) is 0. The molecule has 1 aromatic carbocycles. The molecule has 0 aliphatic carbocycles. The Hall–Kier alpha value is -0.990. The van der Waals surface area contributed by atoms with Crippen LogP contribution >= 0.6 is 0 Å². The molecule has 0 atom stereocenters. The maximum atomic E-state index is 13.0. The smallest absolute Gasteiger partial charge is 0.194 e. The van der Waals surface area contributed by atoms with E-state index in [1.165, 1.54) is 6.92 Å². The first-order chi connectivity index (χ1) is 6.07. The van der Waals surface area contributed by atoms with Crippen LogP contribution in [0, 0.1) is 24.4 Å². The van der Waals surface area contributed by atoms with Crippen molar-refractivity contribution in [1.82, 2.24) is 0 Å². The van der Waals surface area contributed by atoms with Crippen LogP contribution in [0.5, 0.6) is 0 Å². The average Bonchev–Trinajstić information content (AvgIpc) is 2.11. The van der Waals surface area contributed by atoms with Gasteiger partial charge in [0.05, 0.1) is 0 Å². The predicted molar refractivity (Wildman–Crippen MR) is 45.0 cm³/mol. The molecule has 0 aliphatic heterocycles. The van der Waals surface area contributed by atoms with E-state index in [4.69, 9.17) is 0 Å². The lowest BCUT2D eigenvalue weighted by Crippen LogP contribution is -1.99. The van der Waals surface area contributed by atoms with Gasteiger partial charge >= 0.3 is 0 Å². The minimum absolute atomic E-state index is 0.209. The fraction of sp³-hybridized carbons (Fsp3) is 0.400.